The molecule has 92 valence electrons. The molecule has 1 amide bonds. The molecule has 0 heterocycles. The van der Waals surface area contributed by atoms with Crippen LogP contribution in [0.5, 0.6) is 5.75 Å². The van der Waals surface area contributed by atoms with Gasteiger partial charge in [0.25, 0.3) is 5.91 Å². The molecule has 1 aliphatic rings. The van der Waals surface area contributed by atoms with Crippen molar-refractivity contribution >= 4 is 5.91 Å². The predicted molar refractivity (Wildman–Crippen MR) is 67.1 cm³/mol. The minimum Gasteiger partial charge on any atom is -0.507 e. The lowest BCUT2D eigenvalue weighted by atomic mass is 10.0. The van der Waals surface area contributed by atoms with Gasteiger partial charge in [-0.3, -0.25) is 4.79 Å². The van der Waals surface area contributed by atoms with E-state index in [1.165, 1.54) is 12.8 Å². The molecule has 3 heteroatoms. The highest BCUT2D eigenvalue weighted by atomic mass is 16.3. The van der Waals surface area contributed by atoms with E-state index in [0.717, 1.165) is 18.5 Å². The van der Waals surface area contributed by atoms with Crippen molar-refractivity contribution in [2.75, 3.05) is 6.54 Å². The first-order valence-electron chi connectivity index (χ1n) is 6.15. The summed E-state index contributed by atoms with van der Waals surface area (Å²) in [5, 5.41) is 12.7. The van der Waals surface area contributed by atoms with Gasteiger partial charge in [0.05, 0.1) is 5.56 Å². The number of aryl methyl sites for hydroxylation is 1. The highest BCUT2D eigenvalue weighted by Crippen LogP contribution is 2.47. The number of aromatic hydroxyl groups is 1. The maximum atomic E-state index is 11.9. The number of benzene rings is 1. The van der Waals surface area contributed by atoms with Crippen molar-refractivity contribution in [3.63, 3.8) is 0 Å². The standard InChI is InChI=1S/C14H19NO2/c1-3-14(7-8-14)9-15-13(17)11-6-4-5-10(2)12(11)16/h4-6,16H,3,7-9H2,1-2H3,(H,15,17). The van der Waals surface area contributed by atoms with E-state index in [2.05, 4.69) is 12.2 Å². The van der Waals surface area contributed by atoms with Crippen LogP contribution < -0.4 is 5.32 Å². The second-order valence-corrected chi connectivity index (χ2v) is 5.01. The molecule has 2 N–H and O–H groups in total. The monoisotopic (exact) mass is 233 g/mol. The minimum absolute atomic E-state index is 0.0892. The average molecular weight is 233 g/mol. The Balaban J connectivity index is 2.02. The zero-order valence-corrected chi connectivity index (χ0v) is 10.4. The van der Waals surface area contributed by atoms with E-state index < -0.39 is 0 Å². The van der Waals surface area contributed by atoms with Crippen LogP contribution in [0.2, 0.25) is 0 Å². The Kier molecular flexibility index (Phi) is 3.09. The molecule has 0 bridgehead atoms. The van der Waals surface area contributed by atoms with E-state index in [1.807, 2.05) is 0 Å². The van der Waals surface area contributed by atoms with Crippen molar-refractivity contribution in [2.24, 2.45) is 5.41 Å². The summed E-state index contributed by atoms with van der Waals surface area (Å²) in [5.74, 6) is -0.0859. The summed E-state index contributed by atoms with van der Waals surface area (Å²) in [4.78, 5) is 11.9. The minimum atomic E-state index is -0.175. The first-order chi connectivity index (χ1) is 8.08. The van der Waals surface area contributed by atoms with Crippen molar-refractivity contribution in [1.29, 1.82) is 0 Å². The van der Waals surface area contributed by atoms with Gasteiger partial charge in [-0.15, -0.1) is 0 Å². The van der Waals surface area contributed by atoms with E-state index in [1.54, 1.807) is 25.1 Å². The third kappa shape index (κ3) is 2.43. The lowest BCUT2D eigenvalue weighted by Gasteiger charge is -2.14. The number of rotatable bonds is 4. The van der Waals surface area contributed by atoms with Crippen LogP contribution in [0.15, 0.2) is 18.2 Å². The van der Waals surface area contributed by atoms with E-state index in [9.17, 15) is 9.90 Å². The number of hydrogen-bond acceptors (Lipinski definition) is 2. The van der Waals surface area contributed by atoms with Crippen LogP contribution in [0.1, 0.15) is 42.1 Å². The summed E-state index contributed by atoms with van der Waals surface area (Å²) in [6, 6.07) is 5.24. The number of phenolic OH excluding ortho intramolecular Hbond substituents is 1. The zero-order valence-electron chi connectivity index (χ0n) is 10.4. The molecular formula is C14H19NO2. The van der Waals surface area contributed by atoms with Crippen LogP contribution in [0.3, 0.4) is 0 Å². The molecule has 1 saturated carbocycles. The van der Waals surface area contributed by atoms with Crippen LogP contribution in [0.4, 0.5) is 0 Å². The Morgan fingerprint density at radius 1 is 1.47 bits per heavy atom. The predicted octanol–water partition coefficient (Wildman–Crippen LogP) is 2.62. The molecule has 2 rings (SSSR count). The summed E-state index contributed by atoms with van der Waals surface area (Å²) in [7, 11) is 0. The average Bonchev–Trinajstić information content (AvgIpc) is 3.10. The number of para-hydroxylation sites is 1. The number of carbonyl (C=O) groups excluding carboxylic acids is 1. The van der Waals surface area contributed by atoms with Crippen molar-refractivity contribution in [3.8, 4) is 5.75 Å². The van der Waals surface area contributed by atoms with Gasteiger partial charge in [-0.1, -0.05) is 19.1 Å². The largest absolute Gasteiger partial charge is 0.507 e. The van der Waals surface area contributed by atoms with Crippen molar-refractivity contribution in [3.05, 3.63) is 29.3 Å². The number of phenols is 1. The molecule has 1 aromatic rings. The van der Waals surface area contributed by atoms with Crippen LogP contribution in [0, 0.1) is 12.3 Å². The molecule has 0 aliphatic heterocycles. The highest BCUT2D eigenvalue weighted by Gasteiger charge is 2.40. The van der Waals surface area contributed by atoms with E-state index in [4.69, 9.17) is 0 Å². The normalized spacial score (nSPS) is 16.6. The van der Waals surface area contributed by atoms with Crippen molar-refractivity contribution < 1.29 is 9.90 Å². The van der Waals surface area contributed by atoms with E-state index >= 15 is 0 Å². The van der Waals surface area contributed by atoms with Gasteiger partial charge < -0.3 is 10.4 Å². The van der Waals surface area contributed by atoms with Crippen LogP contribution in [-0.2, 0) is 0 Å². The molecule has 0 atom stereocenters. The zero-order chi connectivity index (χ0) is 12.5. The number of nitrogens with one attached hydrogen (secondary N) is 1. The second kappa shape index (κ2) is 4.40. The van der Waals surface area contributed by atoms with Gasteiger partial charge in [0.2, 0.25) is 0 Å². The maximum absolute atomic E-state index is 11.9. The van der Waals surface area contributed by atoms with Gasteiger partial charge in [0, 0.05) is 6.54 Å². The smallest absolute Gasteiger partial charge is 0.255 e. The molecule has 0 spiro atoms. The highest BCUT2D eigenvalue weighted by molar-refractivity contribution is 5.97. The molecule has 1 aromatic carbocycles. The topological polar surface area (TPSA) is 49.3 Å². The summed E-state index contributed by atoms with van der Waals surface area (Å²) >= 11 is 0. The molecule has 1 aliphatic carbocycles. The van der Waals surface area contributed by atoms with Gasteiger partial charge in [-0.2, -0.15) is 0 Å². The van der Waals surface area contributed by atoms with E-state index in [0.29, 0.717) is 11.0 Å². The lowest BCUT2D eigenvalue weighted by Crippen LogP contribution is -2.30. The fourth-order valence-electron chi connectivity index (χ4n) is 2.04. The Labute approximate surface area is 102 Å². The van der Waals surface area contributed by atoms with Crippen molar-refractivity contribution in [2.45, 2.75) is 33.1 Å². The maximum Gasteiger partial charge on any atom is 0.255 e. The fourth-order valence-corrected chi connectivity index (χ4v) is 2.04. The first-order valence-corrected chi connectivity index (χ1v) is 6.15. The first kappa shape index (κ1) is 12.0. The van der Waals surface area contributed by atoms with Crippen molar-refractivity contribution in [1.82, 2.24) is 5.32 Å². The summed E-state index contributed by atoms with van der Waals surface area (Å²) in [6.07, 6.45) is 3.50. The third-order valence-corrected chi connectivity index (χ3v) is 3.81. The Hall–Kier alpha value is -1.51. The van der Waals surface area contributed by atoms with Gasteiger partial charge >= 0.3 is 0 Å². The number of hydrogen-bond donors (Lipinski definition) is 2. The van der Waals surface area contributed by atoms with Crippen LogP contribution >= 0.6 is 0 Å². The third-order valence-electron chi connectivity index (χ3n) is 3.81. The van der Waals surface area contributed by atoms with Crippen LogP contribution in [-0.4, -0.2) is 17.6 Å². The molecule has 0 aromatic heterocycles. The van der Waals surface area contributed by atoms with Gasteiger partial charge in [0.1, 0.15) is 5.75 Å². The van der Waals surface area contributed by atoms with Gasteiger partial charge in [-0.25, -0.2) is 0 Å². The van der Waals surface area contributed by atoms with Gasteiger partial charge in [0.15, 0.2) is 0 Å². The molecule has 1 fully saturated rings. The molecule has 0 saturated heterocycles. The number of amides is 1. The summed E-state index contributed by atoms with van der Waals surface area (Å²) < 4.78 is 0. The molecule has 0 unspecified atom stereocenters. The molecule has 17 heavy (non-hydrogen) atoms. The van der Waals surface area contributed by atoms with Gasteiger partial charge in [-0.05, 0) is 43.2 Å². The van der Waals surface area contributed by atoms with Crippen LogP contribution in [0.25, 0.3) is 0 Å². The SMILES string of the molecule is CCC1(CNC(=O)c2cccc(C)c2O)CC1. The number of carbonyl (C=O) groups is 1. The fraction of sp³-hybridized carbons (Fsp3) is 0.500. The van der Waals surface area contributed by atoms with E-state index in [-0.39, 0.29) is 11.7 Å². The molecular weight excluding hydrogens is 214 g/mol. The molecule has 3 nitrogen and oxygen atoms in total. The second-order valence-electron chi connectivity index (χ2n) is 5.01. The summed E-state index contributed by atoms with van der Waals surface area (Å²) in [5.41, 5.74) is 1.43. The lowest BCUT2D eigenvalue weighted by molar-refractivity contribution is 0.0941. The summed E-state index contributed by atoms with van der Waals surface area (Å²) in [6.45, 7) is 4.67. The molecule has 0 radical (unpaired) electrons. The Morgan fingerprint density at radius 2 is 2.18 bits per heavy atom. The Morgan fingerprint density at radius 3 is 2.76 bits per heavy atom. The Bertz CT molecular complexity index is 436. The quantitative estimate of drug-likeness (QED) is 0.839.